The van der Waals surface area contributed by atoms with Crippen molar-refractivity contribution in [3.8, 4) is 0 Å². The first-order valence-electron chi connectivity index (χ1n) is 7.15. The summed E-state index contributed by atoms with van der Waals surface area (Å²) in [6, 6.07) is 5.36. The molecule has 0 amide bonds. The molecule has 0 bridgehead atoms. The molecule has 1 aromatic rings. The summed E-state index contributed by atoms with van der Waals surface area (Å²) >= 11 is 0. The number of hydrogen-bond donors (Lipinski definition) is 2. The summed E-state index contributed by atoms with van der Waals surface area (Å²) in [6.45, 7) is 4.23. The third kappa shape index (κ3) is 3.83. The van der Waals surface area contributed by atoms with Crippen LogP contribution in [0.5, 0.6) is 0 Å². The van der Waals surface area contributed by atoms with Crippen molar-refractivity contribution < 1.29 is 18.3 Å². The first-order valence-corrected chi connectivity index (χ1v) is 8.63. The number of carboxylic acids is 1. The van der Waals surface area contributed by atoms with Gasteiger partial charge in [-0.1, -0.05) is 19.9 Å². The van der Waals surface area contributed by atoms with Gasteiger partial charge in [-0.15, -0.1) is 0 Å². The van der Waals surface area contributed by atoms with Crippen LogP contribution in [-0.2, 0) is 10.0 Å². The van der Waals surface area contributed by atoms with E-state index >= 15 is 0 Å². The summed E-state index contributed by atoms with van der Waals surface area (Å²) in [6.07, 6.45) is 2.83. The van der Waals surface area contributed by atoms with E-state index in [1.807, 2.05) is 0 Å². The Morgan fingerprint density at radius 2 is 2.00 bits per heavy atom. The molecule has 2 rings (SSSR count). The molecule has 1 aliphatic carbocycles. The number of sulfonamides is 1. The number of carbonyl (C=O) groups is 1. The molecule has 1 fully saturated rings. The lowest BCUT2D eigenvalue weighted by atomic mass is 9.80. The first kappa shape index (κ1) is 16.0. The van der Waals surface area contributed by atoms with Crippen molar-refractivity contribution in [1.29, 1.82) is 0 Å². The molecule has 6 heteroatoms. The maximum atomic E-state index is 12.4. The van der Waals surface area contributed by atoms with E-state index in [0.717, 1.165) is 19.3 Å². The van der Waals surface area contributed by atoms with Gasteiger partial charge in [-0.3, -0.25) is 0 Å². The second-order valence-electron chi connectivity index (χ2n) is 5.96. The van der Waals surface area contributed by atoms with Gasteiger partial charge in [0.2, 0.25) is 10.0 Å². The van der Waals surface area contributed by atoms with Crippen molar-refractivity contribution in [2.45, 2.75) is 44.0 Å². The lowest BCUT2D eigenvalue weighted by Crippen LogP contribution is -2.42. The highest BCUT2D eigenvalue weighted by atomic mass is 32.2. The molecule has 0 saturated heterocycles. The highest BCUT2D eigenvalue weighted by Crippen LogP contribution is 2.29. The Labute approximate surface area is 125 Å². The SMILES string of the molecule is CC1CCC(NS(=O)(=O)c2cccc(C(=O)O)c2)C(C)C1. The molecule has 3 unspecified atom stereocenters. The highest BCUT2D eigenvalue weighted by molar-refractivity contribution is 7.89. The number of carboxylic acid groups (broad SMARTS) is 1. The first-order chi connectivity index (χ1) is 9.79. The fourth-order valence-electron chi connectivity index (χ4n) is 2.90. The predicted octanol–water partition coefficient (Wildman–Crippen LogP) is 2.49. The number of aromatic carboxylic acids is 1. The van der Waals surface area contributed by atoms with Crippen molar-refractivity contribution in [1.82, 2.24) is 4.72 Å². The second-order valence-corrected chi connectivity index (χ2v) is 7.67. The average molecular weight is 311 g/mol. The Morgan fingerprint density at radius 3 is 2.62 bits per heavy atom. The Hall–Kier alpha value is -1.40. The molecule has 0 aromatic heterocycles. The molecule has 0 radical (unpaired) electrons. The molecular formula is C15H21NO4S. The van der Waals surface area contributed by atoms with Crippen LogP contribution in [0, 0.1) is 11.8 Å². The summed E-state index contributed by atoms with van der Waals surface area (Å²) in [5, 5.41) is 8.95. The van der Waals surface area contributed by atoms with Crippen LogP contribution in [-0.4, -0.2) is 25.5 Å². The third-order valence-electron chi connectivity index (χ3n) is 4.13. The van der Waals surface area contributed by atoms with Crippen LogP contribution in [0.1, 0.15) is 43.5 Å². The smallest absolute Gasteiger partial charge is 0.335 e. The molecule has 116 valence electrons. The number of benzene rings is 1. The van der Waals surface area contributed by atoms with Gasteiger partial charge < -0.3 is 5.11 Å². The van der Waals surface area contributed by atoms with Gasteiger partial charge in [-0.05, 0) is 49.3 Å². The van der Waals surface area contributed by atoms with E-state index in [4.69, 9.17) is 5.11 Å². The quantitative estimate of drug-likeness (QED) is 0.895. The van der Waals surface area contributed by atoms with Crippen molar-refractivity contribution in [2.75, 3.05) is 0 Å². The Kier molecular flexibility index (Phi) is 4.68. The van der Waals surface area contributed by atoms with Crippen LogP contribution >= 0.6 is 0 Å². The van der Waals surface area contributed by atoms with Gasteiger partial charge in [-0.2, -0.15) is 0 Å². The van der Waals surface area contributed by atoms with E-state index in [-0.39, 0.29) is 22.4 Å². The maximum Gasteiger partial charge on any atom is 0.335 e. The maximum absolute atomic E-state index is 12.4. The van der Waals surface area contributed by atoms with Crippen molar-refractivity contribution >= 4 is 16.0 Å². The minimum atomic E-state index is -3.68. The molecule has 3 atom stereocenters. The van der Waals surface area contributed by atoms with E-state index in [1.165, 1.54) is 24.3 Å². The fourth-order valence-corrected chi connectivity index (χ4v) is 4.33. The molecule has 2 N–H and O–H groups in total. The largest absolute Gasteiger partial charge is 0.478 e. The van der Waals surface area contributed by atoms with Gasteiger partial charge in [0.15, 0.2) is 0 Å². The lowest BCUT2D eigenvalue weighted by molar-refractivity contribution is 0.0696. The molecule has 0 spiro atoms. The molecule has 21 heavy (non-hydrogen) atoms. The highest BCUT2D eigenvalue weighted by Gasteiger charge is 2.29. The standard InChI is InChI=1S/C15H21NO4S/c1-10-6-7-14(11(2)8-10)16-21(19,20)13-5-3-4-12(9-13)15(17)18/h3-5,9-11,14,16H,6-8H2,1-2H3,(H,17,18). The van der Waals surface area contributed by atoms with Gasteiger partial charge in [0.25, 0.3) is 0 Å². The van der Waals surface area contributed by atoms with E-state index in [0.29, 0.717) is 5.92 Å². The topological polar surface area (TPSA) is 83.5 Å². The zero-order valence-corrected chi connectivity index (χ0v) is 13.1. The van der Waals surface area contributed by atoms with Crippen LogP contribution < -0.4 is 4.72 Å². The van der Waals surface area contributed by atoms with Crippen molar-refractivity contribution in [3.05, 3.63) is 29.8 Å². The summed E-state index contributed by atoms with van der Waals surface area (Å²) in [5.74, 6) is -0.228. The molecule has 5 nitrogen and oxygen atoms in total. The summed E-state index contributed by atoms with van der Waals surface area (Å²) < 4.78 is 27.5. The molecule has 0 aliphatic heterocycles. The molecule has 1 aromatic carbocycles. The van der Waals surface area contributed by atoms with Gasteiger partial charge in [0.05, 0.1) is 10.5 Å². The summed E-state index contributed by atoms with van der Waals surface area (Å²) in [7, 11) is -3.68. The average Bonchev–Trinajstić information content (AvgIpc) is 2.42. The van der Waals surface area contributed by atoms with Crippen molar-refractivity contribution in [3.63, 3.8) is 0 Å². The number of rotatable bonds is 4. The zero-order chi connectivity index (χ0) is 15.6. The van der Waals surface area contributed by atoms with E-state index < -0.39 is 16.0 Å². The lowest BCUT2D eigenvalue weighted by Gasteiger charge is -2.32. The Bertz CT molecular complexity index is 626. The minimum Gasteiger partial charge on any atom is -0.478 e. The van der Waals surface area contributed by atoms with Gasteiger partial charge in [0.1, 0.15) is 0 Å². The van der Waals surface area contributed by atoms with Crippen LogP contribution in [0.15, 0.2) is 29.2 Å². The number of hydrogen-bond acceptors (Lipinski definition) is 3. The van der Waals surface area contributed by atoms with Crippen LogP contribution in [0.2, 0.25) is 0 Å². The molecule has 0 heterocycles. The monoisotopic (exact) mass is 311 g/mol. The molecule has 1 saturated carbocycles. The summed E-state index contributed by atoms with van der Waals surface area (Å²) in [5.41, 5.74) is -0.0248. The van der Waals surface area contributed by atoms with E-state index in [1.54, 1.807) is 0 Å². The van der Waals surface area contributed by atoms with Crippen molar-refractivity contribution in [2.24, 2.45) is 11.8 Å². The Morgan fingerprint density at radius 1 is 1.29 bits per heavy atom. The van der Waals surface area contributed by atoms with Crippen LogP contribution in [0.3, 0.4) is 0 Å². The van der Waals surface area contributed by atoms with E-state index in [2.05, 4.69) is 18.6 Å². The van der Waals surface area contributed by atoms with Gasteiger partial charge >= 0.3 is 5.97 Å². The second kappa shape index (κ2) is 6.15. The predicted molar refractivity (Wildman–Crippen MR) is 79.7 cm³/mol. The minimum absolute atomic E-state index is 0.00761. The normalized spacial score (nSPS) is 26.5. The molecular weight excluding hydrogens is 290 g/mol. The van der Waals surface area contributed by atoms with Gasteiger partial charge in [-0.25, -0.2) is 17.9 Å². The fraction of sp³-hybridized carbons (Fsp3) is 0.533. The third-order valence-corrected chi connectivity index (χ3v) is 5.62. The van der Waals surface area contributed by atoms with Gasteiger partial charge in [0, 0.05) is 6.04 Å². The number of nitrogens with one attached hydrogen (secondary N) is 1. The van der Waals surface area contributed by atoms with Crippen LogP contribution in [0.25, 0.3) is 0 Å². The Balaban J connectivity index is 2.18. The molecule has 1 aliphatic rings. The van der Waals surface area contributed by atoms with Crippen LogP contribution in [0.4, 0.5) is 0 Å². The van der Waals surface area contributed by atoms with E-state index in [9.17, 15) is 13.2 Å². The zero-order valence-electron chi connectivity index (χ0n) is 12.2. The summed E-state index contributed by atoms with van der Waals surface area (Å²) in [4.78, 5) is 11.0.